The van der Waals surface area contributed by atoms with E-state index in [0.29, 0.717) is 12.8 Å². The quantitative estimate of drug-likeness (QED) is 0.291. The number of carboxylic acids is 1. The third kappa shape index (κ3) is 6.51. The second-order valence-corrected chi connectivity index (χ2v) is 6.80. The smallest absolute Gasteiger partial charge is 0.326 e. The number of carboxylic acid groups (broad SMARTS) is 1. The maximum Gasteiger partial charge on any atom is 0.326 e. The number of carbonyl (C=O) groups is 5. The average molecular weight is 385 g/mol. The molecule has 0 aromatic carbocycles. The summed E-state index contributed by atoms with van der Waals surface area (Å²) < 4.78 is 0. The van der Waals surface area contributed by atoms with Crippen LogP contribution in [0.5, 0.6) is 0 Å². The number of aliphatic carboxylic acids is 1. The van der Waals surface area contributed by atoms with Gasteiger partial charge in [-0.3, -0.25) is 19.2 Å². The van der Waals surface area contributed by atoms with E-state index in [2.05, 4.69) is 10.6 Å². The van der Waals surface area contributed by atoms with Gasteiger partial charge in [0, 0.05) is 6.54 Å². The minimum Gasteiger partial charge on any atom is -0.480 e. The highest BCUT2D eigenvalue weighted by Crippen LogP contribution is 2.17. The number of hydrogen-bond donors (Lipinski definition) is 5. The minimum absolute atomic E-state index is 0.188. The summed E-state index contributed by atoms with van der Waals surface area (Å²) in [4.78, 5) is 60.0. The Bertz CT molecular complexity index is 608. The van der Waals surface area contributed by atoms with Crippen molar-refractivity contribution in [3.05, 3.63) is 0 Å². The Balaban J connectivity index is 2.68. The number of carbonyl (C=O) groups excluding carboxylic acids is 4. The molecule has 11 nitrogen and oxygen atoms in total. The maximum absolute atomic E-state index is 12.3. The normalized spacial score (nSPS) is 18.7. The largest absolute Gasteiger partial charge is 0.480 e. The molecule has 1 fully saturated rings. The van der Waals surface area contributed by atoms with Gasteiger partial charge in [-0.05, 0) is 18.8 Å². The number of nitrogens with one attached hydrogen (secondary N) is 2. The molecule has 1 rings (SSSR count). The van der Waals surface area contributed by atoms with Gasteiger partial charge in [0.05, 0.1) is 19.0 Å². The van der Waals surface area contributed by atoms with Crippen molar-refractivity contribution >= 4 is 29.6 Å². The van der Waals surface area contributed by atoms with Crippen molar-refractivity contribution in [1.82, 2.24) is 15.5 Å². The number of likely N-dealkylation sites (tertiary alicyclic amines) is 1. The van der Waals surface area contributed by atoms with Gasteiger partial charge in [0.2, 0.25) is 23.6 Å². The van der Waals surface area contributed by atoms with Gasteiger partial charge in [0.15, 0.2) is 0 Å². The van der Waals surface area contributed by atoms with E-state index in [1.165, 1.54) is 4.90 Å². The average Bonchev–Trinajstić information content (AvgIpc) is 3.07. The summed E-state index contributed by atoms with van der Waals surface area (Å²) in [5.41, 5.74) is 10.8. The van der Waals surface area contributed by atoms with E-state index < -0.39 is 60.7 Å². The lowest BCUT2D eigenvalue weighted by Crippen LogP contribution is -2.55. The third-order valence-corrected chi connectivity index (χ3v) is 4.33. The van der Waals surface area contributed by atoms with Crippen LogP contribution in [0, 0.1) is 5.92 Å². The minimum atomic E-state index is -1.28. The lowest BCUT2D eigenvalue weighted by atomic mass is 10.0. The first kappa shape index (κ1) is 22.4. The Labute approximate surface area is 156 Å². The number of hydrogen-bond acceptors (Lipinski definition) is 6. The Morgan fingerprint density at radius 3 is 2.33 bits per heavy atom. The SMILES string of the molecule is CC(C)C(N)C(=O)NC(CC(N)=O)C(=O)NCC(=O)N1CCCC1C(=O)O. The monoisotopic (exact) mass is 385 g/mol. The van der Waals surface area contributed by atoms with Crippen molar-refractivity contribution in [3.63, 3.8) is 0 Å². The molecule has 0 aromatic rings. The number of rotatable bonds is 9. The first-order chi connectivity index (χ1) is 12.5. The predicted molar refractivity (Wildman–Crippen MR) is 93.9 cm³/mol. The summed E-state index contributed by atoms with van der Waals surface area (Å²) in [6.07, 6.45) is 0.449. The summed E-state index contributed by atoms with van der Waals surface area (Å²) in [5, 5.41) is 13.8. The zero-order chi connectivity index (χ0) is 20.7. The first-order valence-corrected chi connectivity index (χ1v) is 8.68. The van der Waals surface area contributed by atoms with Crippen LogP contribution in [0.3, 0.4) is 0 Å². The van der Waals surface area contributed by atoms with E-state index >= 15 is 0 Å². The number of amides is 4. The van der Waals surface area contributed by atoms with Gasteiger partial charge in [-0.1, -0.05) is 13.8 Å². The highest BCUT2D eigenvalue weighted by molar-refractivity contribution is 5.95. The number of primary amides is 1. The van der Waals surface area contributed by atoms with Crippen LogP contribution in [0.15, 0.2) is 0 Å². The van der Waals surface area contributed by atoms with Crippen LogP contribution in [0.25, 0.3) is 0 Å². The maximum atomic E-state index is 12.3. The van der Waals surface area contributed by atoms with Crippen LogP contribution >= 0.6 is 0 Å². The van der Waals surface area contributed by atoms with Crippen molar-refractivity contribution in [2.75, 3.05) is 13.1 Å². The molecule has 27 heavy (non-hydrogen) atoms. The summed E-state index contributed by atoms with van der Waals surface area (Å²) in [7, 11) is 0. The van der Waals surface area contributed by atoms with Crippen LogP contribution in [0.1, 0.15) is 33.1 Å². The Morgan fingerprint density at radius 1 is 1.19 bits per heavy atom. The van der Waals surface area contributed by atoms with Gasteiger partial charge in [0.1, 0.15) is 12.1 Å². The van der Waals surface area contributed by atoms with E-state index in [1.807, 2.05) is 0 Å². The topological polar surface area (TPSA) is 185 Å². The zero-order valence-corrected chi connectivity index (χ0v) is 15.4. The molecule has 0 saturated carbocycles. The zero-order valence-electron chi connectivity index (χ0n) is 15.4. The van der Waals surface area contributed by atoms with Gasteiger partial charge in [0.25, 0.3) is 0 Å². The number of nitrogens with zero attached hydrogens (tertiary/aromatic N) is 1. The Hall–Kier alpha value is -2.69. The van der Waals surface area contributed by atoms with E-state index in [0.717, 1.165) is 0 Å². The lowest BCUT2D eigenvalue weighted by Gasteiger charge is -2.23. The fourth-order valence-electron chi connectivity index (χ4n) is 2.69. The summed E-state index contributed by atoms with van der Waals surface area (Å²) in [6.45, 7) is 3.28. The lowest BCUT2D eigenvalue weighted by molar-refractivity contribution is -0.148. The molecule has 1 aliphatic rings. The van der Waals surface area contributed by atoms with Crippen LogP contribution in [0.4, 0.5) is 0 Å². The Morgan fingerprint density at radius 2 is 1.81 bits per heavy atom. The summed E-state index contributed by atoms with van der Waals surface area (Å²) in [5.74, 6) is -4.07. The van der Waals surface area contributed by atoms with Crippen LogP contribution in [-0.2, 0) is 24.0 Å². The highest BCUT2D eigenvalue weighted by Gasteiger charge is 2.34. The van der Waals surface area contributed by atoms with Crippen molar-refractivity contribution in [3.8, 4) is 0 Å². The van der Waals surface area contributed by atoms with E-state index in [1.54, 1.807) is 13.8 Å². The summed E-state index contributed by atoms with van der Waals surface area (Å²) >= 11 is 0. The van der Waals surface area contributed by atoms with E-state index in [4.69, 9.17) is 16.6 Å². The van der Waals surface area contributed by atoms with Crippen molar-refractivity contribution in [2.45, 2.75) is 51.2 Å². The highest BCUT2D eigenvalue weighted by atomic mass is 16.4. The van der Waals surface area contributed by atoms with Crippen molar-refractivity contribution in [1.29, 1.82) is 0 Å². The standard InChI is InChI=1S/C16H27N5O6/c1-8(2)13(18)15(25)20-9(6-11(17)22)14(24)19-7-12(23)21-5-3-4-10(21)16(26)27/h8-10,13H,3-7,18H2,1-2H3,(H2,17,22)(H,19,24)(H,20,25)(H,26,27). The molecule has 0 radical (unpaired) electrons. The Kier molecular flexibility index (Phi) is 8.16. The molecule has 0 bridgehead atoms. The van der Waals surface area contributed by atoms with Crippen LogP contribution < -0.4 is 22.1 Å². The molecule has 1 heterocycles. The van der Waals surface area contributed by atoms with E-state index in [-0.39, 0.29) is 12.5 Å². The molecule has 0 spiro atoms. The molecule has 7 N–H and O–H groups in total. The molecule has 1 aliphatic heterocycles. The molecule has 0 aromatic heterocycles. The molecule has 152 valence electrons. The van der Waals surface area contributed by atoms with Crippen LogP contribution in [0.2, 0.25) is 0 Å². The second-order valence-electron chi connectivity index (χ2n) is 6.80. The van der Waals surface area contributed by atoms with Crippen molar-refractivity contribution in [2.24, 2.45) is 17.4 Å². The fraction of sp³-hybridized carbons (Fsp3) is 0.688. The molecule has 1 saturated heterocycles. The van der Waals surface area contributed by atoms with Crippen LogP contribution in [-0.4, -0.2) is 70.8 Å². The van der Waals surface area contributed by atoms with Gasteiger partial charge in [-0.25, -0.2) is 4.79 Å². The van der Waals surface area contributed by atoms with Gasteiger partial charge in [-0.15, -0.1) is 0 Å². The van der Waals surface area contributed by atoms with Gasteiger partial charge in [-0.2, -0.15) is 0 Å². The van der Waals surface area contributed by atoms with Gasteiger partial charge >= 0.3 is 5.97 Å². The number of nitrogens with two attached hydrogens (primary N) is 2. The van der Waals surface area contributed by atoms with Crippen molar-refractivity contribution < 1.29 is 29.1 Å². The molecular weight excluding hydrogens is 358 g/mol. The molecule has 4 amide bonds. The molecule has 0 aliphatic carbocycles. The first-order valence-electron chi connectivity index (χ1n) is 8.68. The van der Waals surface area contributed by atoms with E-state index in [9.17, 15) is 24.0 Å². The molecule has 3 unspecified atom stereocenters. The second kappa shape index (κ2) is 9.86. The fourth-order valence-corrected chi connectivity index (χ4v) is 2.69. The predicted octanol–water partition coefficient (Wildman–Crippen LogP) is -2.48. The molecular formula is C16H27N5O6. The summed E-state index contributed by atoms with van der Waals surface area (Å²) in [6, 6.07) is -3.07. The third-order valence-electron chi connectivity index (χ3n) is 4.33. The molecule has 3 atom stereocenters. The molecule has 11 heteroatoms. The van der Waals surface area contributed by atoms with Gasteiger partial charge < -0.3 is 32.1 Å².